The smallest absolute Gasteiger partial charge is 0.307 e. The van der Waals surface area contributed by atoms with E-state index in [9.17, 15) is 9.00 Å². The van der Waals surface area contributed by atoms with Crippen LogP contribution in [0.15, 0.2) is 39.9 Å². The van der Waals surface area contributed by atoms with Gasteiger partial charge < -0.3 is 5.32 Å². The highest BCUT2D eigenvalue weighted by Gasteiger charge is 2.26. The molecule has 2 amide bonds. The van der Waals surface area contributed by atoms with Gasteiger partial charge in [0.25, 0.3) is 0 Å². The Morgan fingerprint density at radius 3 is 2.44 bits per heavy atom. The SMILES string of the molecule is N#CN=S(=O)(NC(=O)Nc1c2c(cc3c1CCC3)CCC2)c1ccccn1. The van der Waals surface area contributed by atoms with Gasteiger partial charge in [0.1, 0.15) is 0 Å². The Balaban J connectivity index is 1.65. The van der Waals surface area contributed by atoms with Gasteiger partial charge in [-0.05, 0) is 72.9 Å². The summed E-state index contributed by atoms with van der Waals surface area (Å²) in [6.07, 6.45) is 9.01. The molecule has 1 atom stereocenters. The maximum Gasteiger partial charge on any atom is 0.332 e. The van der Waals surface area contributed by atoms with Gasteiger partial charge >= 0.3 is 6.03 Å². The molecule has 4 rings (SSSR count). The molecule has 2 aromatic rings. The maximum absolute atomic E-state index is 13.0. The molecule has 0 bridgehead atoms. The van der Waals surface area contributed by atoms with Crippen LogP contribution in [0.2, 0.25) is 0 Å². The second-order valence-electron chi connectivity index (χ2n) is 6.68. The average molecular weight is 381 g/mol. The molecule has 1 aromatic carbocycles. The third-order valence-electron chi connectivity index (χ3n) is 5.03. The van der Waals surface area contributed by atoms with Crippen molar-refractivity contribution in [3.05, 3.63) is 52.7 Å². The van der Waals surface area contributed by atoms with Crippen molar-refractivity contribution in [3.63, 3.8) is 0 Å². The number of aromatic nitrogens is 1. The third kappa shape index (κ3) is 3.26. The van der Waals surface area contributed by atoms with Crippen LogP contribution in [0, 0.1) is 11.5 Å². The first-order chi connectivity index (χ1) is 13.1. The predicted octanol–water partition coefficient (Wildman–Crippen LogP) is 3.10. The summed E-state index contributed by atoms with van der Waals surface area (Å²) in [4.78, 5) is 16.7. The van der Waals surface area contributed by atoms with Crippen LogP contribution >= 0.6 is 0 Å². The summed E-state index contributed by atoms with van der Waals surface area (Å²) >= 11 is 0. The molecule has 0 fully saturated rings. The number of fused-ring (bicyclic) bond motifs is 2. The number of nitrogens with zero attached hydrogens (tertiary/aromatic N) is 3. The second-order valence-corrected chi connectivity index (χ2v) is 8.53. The van der Waals surface area contributed by atoms with Crippen LogP contribution in [-0.2, 0) is 35.6 Å². The minimum atomic E-state index is -3.47. The molecule has 27 heavy (non-hydrogen) atoms. The molecule has 0 saturated heterocycles. The molecular formula is C19H19N5O2S. The lowest BCUT2D eigenvalue weighted by Crippen LogP contribution is -2.35. The highest BCUT2D eigenvalue weighted by molar-refractivity contribution is 7.92. The zero-order valence-electron chi connectivity index (χ0n) is 14.7. The summed E-state index contributed by atoms with van der Waals surface area (Å²) in [7, 11) is -3.47. The summed E-state index contributed by atoms with van der Waals surface area (Å²) < 4.78 is 18.9. The highest BCUT2D eigenvalue weighted by atomic mass is 32.2. The van der Waals surface area contributed by atoms with E-state index < -0.39 is 15.9 Å². The Labute approximate surface area is 158 Å². The zero-order chi connectivity index (χ0) is 18.9. The molecule has 2 N–H and O–H groups in total. The lowest BCUT2D eigenvalue weighted by atomic mass is 9.99. The molecule has 7 nitrogen and oxygen atoms in total. The van der Waals surface area contributed by atoms with Gasteiger partial charge in [-0.15, -0.1) is 0 Å². The molecule has 8 heteroatoms. The molecule has 138 valence electrons. The second kappa shape index (κ2) is 7.00. The minimum absolute atomic E-state index is 0.0465. The van der Waals surface area contributed by atoms with Crippen molar-refractivity contribution in [2.75, 3.05) is 5.32 Å². The Kier molecular flexibility index (Phi) is 4.54. The van der Waals surface area contributed by atoms with E-state index in [4.69, 9.17) is 5.26 Å². The fraction of sp³-hybridized carbons (Fsp3) is 0.316. The normalized spacial score (nSPS) is 16.6. The number of rotatable bonds is 3. The first kappa shape index (κ1) is 17.5. The molecule has 0 radical (unpaired) electrons. The predicted molar refractivity (Wildman–Crippen MR) is 101 cm³/mol. The summed E-state index contributed by atoms with van der Waals surface area (Å²) in [6, 6.07) is 6.40. The fourth-order valence-corrected chi connectivity index (χ4v) is 5.05. The quantitative estimate of drug-likeness (QED) is 0.797. The third-order valence-corrected chi connectivity index (χ3v) is 6.64. The Hall–Kier alpha value is -2.92. The van der Waals surface area contributed by atoms with E-state index in [0.29, 0.717) is 0 Å². The summed E-state index contributed by atoms with van der Waals surface area (Å²) in [5.74, 6) is 0. The van der Waals surface area contributed by atoms with Crippen molar-refractivity contribution in [1.82, 2.24) is 9.71 Å². The highest BCUT2D eigenvalue weighted by Crippen LogP contribution is 2.38. The van der Waals surface area contributed by atoms with Crippen molar-refractivity contribution in [2.24, 2.45) is 4.36 Å². The van der Waals surface area contributed by atoms with Crippen LogP contribution in [0.5, 0.6) is 0 Å². The van der Waals surface area contributed by atoms with E-state index in [-0.39, 0.29) is 5.03 Å². The molecule has 1 heterocycles. The van der Waals surface area contributed by atoms with Crippen LogP contribution in [0.4, 0.5) is 10.5 Å². The van der Waals surface area contributed by atoms with Crippen LogP contribution in [0.25, 0.3) is 0 Å². The number of pyridine rings is 1. The van der Waals surface area contributed by atoms with E-state index in [0.717, 1.165) is 44.2 Å². The van der Waals surface area contributed by atoms with Gasteiger partial charge in [-0.1, -0.05) is 16.5 Å². The molecular weight excluding hydrogens is 362 g/mol. The minimum Gasteiger partial charge on any atom is -0.307 e. The number of nitrogens with one attached hydrogen (secondary N) is 2. The van der Waals surface area contributed by atoms with Gasteiger partial charge in [0.15, 0.2) is 14.9 Å². The van der Waals surface area contributed by atoms with Crippen molar-refractivity contribution < 1.29 is 9.00 Å². The number of amides is 2. The number of carbonyl (C=O) groups excluding carboxylic acids is 1. The van der Waals surface area contributed by atoms with E-state index in [1.54, 1.807) is 12.1 Å². The van der Waals surface area contributed by atoms with Gasteiger partial charge in [0.2, 0.25) is 6.19 Å². The number of hydrogen-bond donors (Lipinski definition) is 2. The Morgan fingerprint density at radius 1 is 1.15 bits per heavy atom. The van der Waals surface area contributed by atoms with Crippen LogP contribution in [-0.4, -0.2) is 15.2 Å². The van der Waals surface area contributed by atoms with Crippen molar-refractivity contribution >= 4 is 21.6 Å². The van der Waals surface area contributed by atoms with Crippen LogP contribution in [0.3, 0.4) is 0 Å². The first-order valence-electron chi connectivity index (χ1n) is 8.92. The number of anilines is 1. The van der Waals surface area contributed by atoms with E-state index in [2.05, 4.69) is 25.5 Å². The van der Waals surface area contributed by atoms with Crippen molar-refractivity contribution in [3.8, 4) is 6.19 Å². The number of aryl methyl sites for hydroxylation is 2. The summed E-state index contributed by atoms with van der Waals surface area (Å²) in [5.41, 5.74) is 5.77. The molecule has 2 aliphatic carbocycles. The van der Waals surface area contributed by atoms with Gasteiger partial charge in [-0.2, -0.15) is 5.26 Å². The summed E-state index contributed by atoms with van der Waals surface area (Å²) in [6.45, 7) is 0. The van der Waals surface area contributed by atoms with Crippen LogP contribution < -0.4 is 10.0 Å². The average Bonchev–Trinajstić information content (AvgIpc) is 3.31. The lowest BCUT2D eigenvalue weighted by molar-refractivity contribution is 0.256. The van der Waals surface area contributed by atoms with Gasteiger partial charge in [0, 0.05) is 11.9 Å². The van der Waals surface area contributed by atoms with Gasteiger partial charge in [-0.25, -0.2) is 18.7 Å². The van der Waals surface area contributed by atoms with E-state index >= 15 is 0 Å². The summed E-state index contributed by atoms with van der Waals surface area (Å²) in [5, 5.41) is 11.9. The first-order valence-corrected chi connectivity index (χ1v) is 10.4. The monoisotopic (exact) mass is 381 g/mol. The molecule has 1 unspecified atom stereocenters. The van der Waals surface area contributed by atoms with Crippen molar-refractivity contribution in [1.29, 1.82) is 5.26 Å². The molecule has 0 saturated carbocycles. The number of hydrogen-bond acceptors (Lipinski definition) is 5. The Bertz CT molecular complexity index is 1030. The molecule has 2 aliphatic rings. The number of nitriles is 1. The van der Waals surface area contributed by atoms with Crippen molar-refractivity contribution in [2.45, 2.75) is 43.6 Å². The van der Waals surface area contributed by atoms with Gasteiger partial charge in [0.05, 0.1) is 0 Å². The largest absolute Gasteiger partial charge is 0.332 e. The number of benzene rings is 1. The number of urea groups is 1. The Morgan fingerprint density at radius 2 is 1.85 bits per heavy atom. The van der Waals surface area contributed by atoms with E-state index in [1.165, 1.54) is 40.7 Å². The zero-order valence-corrected chi connectivity index (χ0v) is 15.5. The standard InChI is InChI=1S/C19H19N5O2S/c20-12-22-27(26,17-9-1-2-10-21-17)24-19(25)23-18-15-7-3-5-13(15)11-14-6-4-8-16(14)18/h1-2,9-11H,3-8H2,(H2,22,23,24,25,26). The fourth-order valence-electron chi connectivity index (χ4n) is 3.92. The van der Waals surface area contributed by atoms with E-state index in [1.807, 2.05) is 0 Å². The molecule has 1 aromatic heterocycles. The van der Waals surface area contributed by atoms with Gasteiger partial charge in [-0.3, -0.25) is 0 Å². The topological polar surface area (TPSA) is 107 Å². The number of carbonyl (C=O) groups is 1. The maximum atomic E-state index is 13.0. The molecule has 0 spiro atoms. The molecule has 0 aliphatic heterocycles. The lowest BCUT2D eigenvalue weighted by Gasteiger charge is -2.17. The van der Waals surface area contributed by atoms with Crippen LogP contribution in [0.1, 0.15) is 35.1 Å².